The predicted molar refractivity (Wildman–Crippen MR) is 40.7 cm³/mol. The molecule has 0 spiro atoms. The highest BCUT2D eigenvalue weighted by atomic mass is 79.9. The molecular weight excluding hydrogens is 202 g/mol. The number of nitrogens with zero attached hydrogens (tertiary/aromatic N) is 1. The summed E-state index contributed by atoms with van der Waals surface area (Å²) < 4.78 is 0. The average molecular weight is 208 g/mol. The lowest BCUT2D eigenvalue weighted by Crippen LogP contribution is -2.57. The van der Waals surface area contributed by atoms with Gasteiger partial charge in [-0.25, -0.2) is 0 Å². The molecule has 9 heavy (non-hydrogen) atoms. The Morgan fingerprint density at radius 3 is 3.22 bits per heavy atom. The van der Waals surface area contributed by atoms with E-state index in [0.717, 1.165) is 12.3 Å². The van der Waals surface area contributed by atoms with Gasteiger partial charge in [0.25, 0.3) is 0 Å². The third kappa shape index (κ3) is 0.662. The molecule has 2 rings (SSSR count). The maximum atomic E-state index is 10.9. The number of β-lactam (4-membered cyclic amide) rings is 1. The van der Waals surface area contributed by atoms with E-state index in [1.54, 1.807) is 0 Å². The molecule has 2 aliphatic rings. The zero-order chi connectivity index (χ0) is 6.43. The molecule has 2 atom stereocenters. The van der Waals surface area contributed by atoms with Crippen molar-refractivity contribution in [3.8, 4) is 0 Å². The molecule has 0 aromatic rings. The molecule has 4 heteroatoms. The van der Waals surface area contributed by atoms with Crippen molar-refractivity contribution in [1.82, 2.24) is 4.90 Å². The molecule has 0 saturated carbocycles. The van der Waals surface area contributed by atoms with Crippen LogP contribution < -0.4 is 0 Å². The van der Waals surface area contributed by atoms with Crippen LogP contribution in [0, 0.1) is 0 Å². The number of hydrogen-bond donors (Lipinski definition) is 0. The van der Waals surface area contributed by atoms with Crippen LogP contribution in [0.1, 0.15) is 0 Å². The quantitative estimate of drug-likeness (QED) is 0.430. The first-order valence-electron chi connectivity index (χ1n) is 2.87. The average Bonchev–Trinajstić information content (AvgIpc) is 2.30. The first kappa shape index (κ1) is 6.04. The first-order chi connectivity index (χ1) is 4.30. The number of thioether (sulfide) groups is 1. The van der Waals surface area contributed by atoms with Crippen LogP contribution in [0.15, 0.2) is 0 Å². The first-order valence-corrected chi connectivity index (χ1v) is 4.83. The van der Waals surface area contributed by atoms with E-state index in [0.29, 0.717) is 5.37 Å². The van der Waals surface area contributed by atoms with Crippen LogP contribution in [0.3, 0.4) is 0 Å². The third-order valence-corrected chi connectivity index (χ3v) is 4.23. The standard InChI is InChI=1S/C5H6BrNOS/c6-3-4(8)7-1-2-9-5(3)7/h3,5H,1-2H2/t3?,5-/m0/s1. The largest absolute Gasteiger partial charge is 0.327 e. The number of rotatable bonds is 0. The van der Waals surface area contributed by atoms with Gasteiger partial charge in [-0.2, -0.15) is 0 Å². The highest BCUT2D eigenvalue weighted by molar-refractivity contribution is 9.10. The molecule has 1 amide bonds. The van der Waals surface area contributed by atoms with Gasteiger partial charge in [0.2, 0.25) is 5.91 Å². The van der Waals surface area contributed by atoms with Crippen LogP contribution in [-0.2, 0) is 4.79 Å². The molecule has 1 unspecified atom stereocenters. The maximum absolute atomic E-state index is 10.9. The highest BCUT2D eigenvalue weighted by Gasteiger charge is 2.48. The Morgan fingerprint density at radius 2 is 2.56 bits per heavy atom. The Labute approximate surface area is 66.1 Å². The lowest BCUT2D eigenvalue weighted by Gasteiger charge is -2.38. The van der Waals surface area contributed by atoms with E-state index in [-0.39, 0.29) is 10.7 Å². The molecule has 2 heterocycles. The van der Waals surface area contributed by atoms with E-state index < -0.39 is 0 Å². The molecule has 2 nitrogen and oxygen atoms in total. The number of carbonyl (C=O) groups excluding carboxylic acids is 1. The minimum absolute atomic E-state index is 0.116. The molecule has 2 saturated heterocycles. The van der Waals surface area contributed by atoms with Crippen molar-refractivity contribution >= 4 is 33.6 Å². The molecule has 0 radical (unpaired) electrons. The number of carbonyl (C=O) groups is 1. The molecule has 50 valence electrons. The lowest BCUT2D eigenvalue weighted by atomic mass is 10.2. The molecule has 0 aromatic carbocycles. The summed E-state index contributed by atoms with van der Waals surface area (Å²) in [5.41, 5.74) is 0. The minimum Gasteiger partial charge on any atom is -0.327 e. The van der Waals surface area contributed by atoms with Gasteiger partial charge in [-0.15, -0.1) is 11.8 Å². The normalized spacial score (nSPS) is 40.6. The molecule has 2 fully saturated rings. The van der Waals surface area contributed by atoms with Gasteiger partial charge in [0.05, 0.1) is 5.37 Å². The van der Waals surface area contributed by atoms with Gasteiger partial charge in [0.15, 0.2) is 0 Å². The molecular formula is C5H6BrNOS. The van der Waals surface area contributed by atoms with Gasteiger partial charge in [-0.05, 0) is 0 Å². The van der Waals surface area contributed by atoms with Crippen LogP contribution in [0.4, 0.5) is 0 Å². The van der Waals surface area contributed by atoms with Crippen LogP contribution in [-0.4, -0.2) is 33.3 Å². The summed E-state index contributed by atoms with van der Waals surface area (Å²) in [6.45, 7) is 0.955. The number of fused-ring (bicyclic) bond motifs is 1. The van der Waals surface area contributed by atoms with Gasteiger partial charge in [-0.1, -0.05) is 15.9 Å². The Kier molecular flexibility index (Phi) is 1.27. The summed E-state index contributed by atoms with van der Waals surface area (Å²) in [4.78, 5) is 12.9. The second-order valence-corrected chi connectivity index (χ2v) is 4.41. The molecule has 0 aromatic heterocycles. The Hall–Kier alpha value is 0.300. The van der Waals surface area contributed by atoms with E-state index in [1.807, 2.05) is 16.7 Å². The Morgan fingerprint density at radius 1 is 1.78 bits per heavy atom. The molecule has 0 aliphatic carbocycles. The Balaban J connectivity index is 2.14. The lowest BCUT2D eigenvalue weighted by molar-refractivity contribution is -0.138. The highest BCUT2D eigenvalue weighted by Crippen LogP contribution is 2.39. The van der Waals surface area contributed by atoms with Crippen molar-refractivity contribution in [1.29, 1.82) is 0 Å². The second kappa shape index (κ2) is 1.89. The van der Waals surface area contributed by atoms with Gasteiger partial charge >= 0.3 is 0 Å². The zero-order valence-electron chi connectivity index (χ0n) is 4.71. The monoisotopic (exact) mass is 207 g/mol. The zero-order valence-corrected chi connectivity index (χ0v) is 7.11. The van der Waals surface area contributed by atoms with Crippen molar-refractivity contribution in [3.05, 3.63) is 0 Å². The smallest absolute Gasteiger partial charge is 0.240 e. The van der Waals surface area contributed by atoms with Crippen LogP contribution in [0.2, 0.25) is 0 Å². The van der Waals surface area contributed by atoms with Crippen molar-refractivity contribution < 1.29 is 4.79 Å². The molecule has 2 aliphatic heterocycles. The molecule has 0 bridgehead atoms. The Bertz CT molecular complexity index is 163. The predicted octanol–water partition coefficient (Wildman–Crippen LogP) is 0.665. The summed E-state index contributed by atoms with van der Waals surface area (Å²) in [6, 6.07) is 0. The van der Waals surface area contributed by atoms with Crippen LogP contribution >= 0.6 is 27.7 Å². The van der Waals surface area contributed by atoms with Gasteiger partial charge in [-0.3, -0.25) is 4.79 Å². The van der Waals surface area contributed by atoms with E-state index in [2.05, 4.69) is 15.9 Å². The van der Waals surface area contributed by atoms with E-state index in [9.17, 15) is 4.79 Å². The fraction of sp³-hybridized carbons (Fsp3) is 0.800. The van der Waals surface area contributed by atoms with Crippen molar-refractivity contribution in [3.63, 3.8) is 0 Å². The van der Waals surface area contributed by atoms with Crippen molar-refractivity contribution in [2.24, 2.45) is 0 Å². The van der Waals surface area contributed by atoms with Crippen molar-refractivity contribution in [2.75, 3.05) is 12.3 Å². The number of halogens is 1. The topological polar surface area (TPSA) is 20.3 Å². The van der Waals surface area contributed by atoms with Crippen LogP contribution in [0.5, 0.6) is 0 Å². The summed E-state index contributed by atoms with van der Waals surface area (Å²) in [5, 5.41) is 0.456. The summed E-state index contributed by atoms with van der Waals surface area (Å²) in [6.07, 6.45) is 0. The van der Waals surface area contributed by atoms with Gasteiger partial charge < -0.3 is 4.90 Å². The van der Waals surface area contributed by atoms with Crippen molar-refractivity contribution in [2.45, 2.75) is 10.2 Å². The minimum atomic E-state index is 0.116. The summed E-state index contributed by atoms with van der Waals surface area (Å²) >= 11 is 5.18. The summed E-state index contributed by atoms with van der Waals surface area (Å²) in [7, 11) is 0. The van der Waals surface area contributed by atoms with E-state index >= 15 is 0 Å². The number of alkyl halides is 1. The number of amides is 1. The SMILES string of the molecule is O=C1C(Br)[C@@H]2SCCN12. The van der Waals surface area contributed by atoms with E-state index in [4.69, 9.17) is 0 Å². The molecule has 0 N–H and O–H groups in total. The fourth-order valence-corrected chi connectivity index (χ4v) is 3.39. The van der Waals surface area contributed by atoms with Gasteiger partial charge in [0.1, 0.15) is 4.83 Å². The van der Waals surface area contributed by atoms with E-state index in [1.165, 1.54) is 0 Å². The van der Waals surface area contributed by atoms with Crippen LogP contribution in [0.25, 0.3) is 0 Å². The number of hydrogen-bond acceptors (Lipinski definition) is 2. The third-order valence-electron chi connectivity index (χ3n) is 1.70. The maximum Gasteiger partial charge on any atom is 0.240 e. The second-order valence-electron chi connectivity index (χ2n) is 2.19. The summed E-state index contributed by atoms with van der Waals surface area (Å²) in [5.74, 6) is 1.38. The van der Waals surface area contributed by atoms with Gasteiger partial charge in [0, 0.05) is 12.3 Å². The fourth-order valence-electron chi connectivity index (χ4n) is 1.17.